The molecule has 0 aliphatic carbocycles. The summed E-state index contributed by atoms with van der Waals surface area (Å²) in [4.78, 5) is 0. The summed E-state index contributed by atoms with van der Waals surface area (Å²) in [6.07, 6.45) is 0. The highest BCUT2D eigenvalue weighted by Gasteiger charge is 2.09. The van der Waals surface area contributed by atoms with E-state index in [0.717, 1.165) is 0 Å². The van der Waals surface area contributed by atoms with Gasteiger partial charge in [0.15, 0.2) is 0 Å². The van der Waals surface area contributed by atoms with Gasteiger partial charge in [-0.3, -0.25) is 0 Å². The molecule has 0 spiro atoms. The maximum absolute atomic E-state index is 2.33. The molecule has 0 aromatic heterocycles. The van der Waals surface area contributed by atoms with Gasteiger partial charge in [0.25, 0.3) is 0 Å². The van der Waals surface area contributed by atoms with E-state index in [0.29, 0.717) is 0 Å². The Labute approximate surface area is 246 Å². The van der Waals surface area contributed by atoms with Gasteiger partial charge in [-0.2, -0.15) is 0 Å². The molecule has 42 heavy (non-hydrogen) atoms. The standard InChI is InChI=1S/C42H28/c1-2-8-29(9-3-1)35-24-20-33-21-25-36(27-38(33)26-35)32-16-14-30(15-17-32)31-18-22-34(23-19-31)42-28-37-10-4-5-11-39(37)40-12-6-7-13-41(40)42/h1-28H. The normalized spacial score (nSPS) is 11.3. The van der Waals surface area contributed by atoms with E-state index in [2.05, 4.69) is 170 Å². The van der Waals surface area contributed by atoms with Gasteiger partial charge in [0, 0.05) is 0 Å². The van der Waals surface area contributed by atoms with Crippen molar-refractivity contribution in [3.05, 3.63) is 170 Å². The number of hydrogen-bond donors (Lipinski definition) is 0. The van der Waals surface area contributed by atoms with Gasteiger partial charge in [-0.25, -0.2) is 0 Å². The predicted octanol–water partition coefficient (Wildman–Crippen LogP) is 11.8. The van der Waals surface area contributed by atoms with Crippen molar-refractivity contribution >= 4 is 32.3 Å². The van der Waals surface area contributed by atoms with Crippen molar-refractivity contribution in [1.82, 2.24) is 0 Å². The average molecular weight is 533 g/mol. The Bertz CT molecular complexity index is 2200. The lowest BCUT2D eigenvalue weighted by atomic mass is 9.92. The summed E-state index contributed by atoms with van der Waals surface area (Å²) in [6, 6.07) is 61.7. The van der Waals surface area contributed by atoms with E-state index < -0.39 is 0 Å². The molecule has 0 nitrogen and oxygen atoms in total. The minimum absolute atomic E-state index is 1.22. The van der Waals surface area contributed by atoms with Gasteiger partial charge in [0.2, 0.25) is 0 Å². The van der Waals surface area contributed by atoms with Crippen LogP contribution in [0.3, 0.4) is 0 Å². The minimum atomic E-state index is 1.22. The Kier molecular flexibility index (Phi) is 5.90. The van der Waals surface area contributed by atoms with Gasteiger partial charge in [0.1, 0.15) is 0 Å². The molecule has 0 N–H and O–H groups in total. The zero-order valence-electron chi connectivity index (χ0n) is 23.2. The summed E-state index contributed by atoms with van der Waals surface area (Å²) in [6.45, 7) is 0. The fraction of sp³-hybridized carbons (Fsp3) is 0. The van der Waals surface area contributed by atoms with E-state index >= 15 is 0 Å². The molecule has 0 aliphatic rings. The molecule has 8 aromatic rings. The van der Waals surface area contributed by atoms with Crippen LogP contribution in [0.15, 0.2) is 170 Å². The molecule has 0 aliphatic heterocycles. The summed E-state index contributed by atoms with van der Waals surface area (Å²) >= 11 is 0. The molecule has 0 saturated carbocycles. The summed E-state index contributed by atoms with van der Waals surface area (Å²) < 4.78 is 0. The van der Waals surface area contributed by atoms with Crippen molar-refractivity contribution in [2.45, 2.75) is 0 Å². The molecular weight excluding hydrogens is 504 g/mol. The number of hydrogen-bond acceptors (Lipinski definition) is 0. The summed E-state index contributed by atoms with van der Waals surface area (Å²) in [5.41, 5.74) is 9.91. The molecule has 0 heteroatoms. The first-order valence-electron chi connectivity index (χ1n) is 14.5. The predicted molar refractivity (Wildman–Crippen MR) is 181 cm³/mol. The second-order valence-electron chi connectivity index (χ2n) is 11.0. The molecule has 0 radical (unpaired) electrons. The van der Waals surface area contributed by atoms with E-state index in [1.807, 2.05) is 0 Å². The van der Waals surface area contributed by atoms with Crippen LogP contribution >= 0.6 is 0 Å². The monoisotopic (exact) mass is 532 g/mol. The quantitative estimate of drug-likeness (QED) is 0.198. The third-order valence-corrected chi connectivity index (χ3v) is 8.46. The van der Waals surface area contributed by atoms with Gasteiger partial charge >= 0.3 is 0 Å². The van der Waals surface area contributed by atoms with Gasteiger partial charge in [-0.1, -0.05) is 152 Å². The number of fused-ring (bicyclic) bond motifs is 4. The second kappa shape index (κ2) is 10.2. The van der Waals surface area contributed by atoms with Crippen LogP contribution in [-0.4, -0.2) is 0 Å². The fourth-order valence-corrected chi connectivity index (χ4v) is 6.23. The van der Waals surface area contributed by atoms with Crippen LogP contribution in [0, 0.1) is 0 Å². The first-order valence-corrected chi connectivity index (χ1v) is 14.5. The van der Waals surface area contributed by atoms with Crippen molar-refractivity contribution in [2.75, 3.05) is 0 Å². The van der Waals surface area contributed by atoms with Crippen LogP contribution in [0.2, 0.25) is 0 Å². The first-order chi connectivity index (χ1) is 20.8. The Morgan fingerprint density at radius 3 is 1.31 bits per heavy atom. The van der Waals surface area contributed by atoms with Gasteiger partial charge in [-0.15, -0.1) is 0 Å². The third kappa shape index (κ3) is 4.35. The fourth-order valence-electron chi connectivity index (χ4n) is 6.23. The Hall–Kier alpha value is -5.46. The molecular formula is C42H28. The van der Waals surface area contributed by atoms with Crippen LogP contribution in [0.5, 0.6) is 0 Å². The molecule has 0 saturated heterocycles. The van der Waals surface area contributed by atoms with Gasteiger partial charge in [-0.05, 0) is 95.0 Å². The molecule has 0 unspecified atom stereocenters. The maximum Gasteiger partial charge on any atom is -0.00990 e. The smallest absolute Gasteiger partial charge is 0.00990 e. The molecule has 0 bridgehead atoms. The molecule has 0 fully saturated rings. The van der Waals surface area contributed by atoms with Gasteiger partial charge < -0.3 is 0 Å². The summed E-state index contributed by atoms with van der Waals surface area (Å²) in [5.74, 6) is 0. The topological polar surface area (TPSA) is 0 Å². The lowest BCUT2D eigenvalue weighted by Gasteiger charge is -2.12. The highest BCUT2D eigenvalue weighted by atomic mass is 14.1. The largest absolute Gasteiger partial charge is 0.0622 e. The second-order valence-corrected chi connectivity index (χ2v) is 11.0. The first kappa shape index (κ1) is 24.3. The zero-order valence-corrected chi connectivity index (χ0v) is 23.2. The average Bonchev–Trinajstić information content (AvgIpc) is 3.08. The Morgan fingerprint density at radius 1 is 0.214 bits per heavy atom. The van der Waals surface area contributed by atoms with Crippen molar-refractivity contribution in [3.8, 4) is 44.5 Å². The number of benzene rings is 8. The molecule has 0 atom stereocenters. The SMILES string of the molecule is c1ccc(-c2ccc3ccc(-c4ccc(-c5ccc(-c6cc7ccccc7c7ccccc67)cc5)cc4)cc3c2)cc1. The van der Waals surface area contributed by atoms with Crippen LogP contribution in [0.1, 0.15) is 0 Å². The van der Waals surface area contributed by atoms with Crippen molar-refractivity contribution in [3.63, 3.8) is 0 Å². The van der Waals surface area contributed by atoms with E-state index in [-0.39, 0.29) is 0 Å². The Balaban J connectivity index is 1.10. The molecule has 8 aromatic carbocycles. The summed E-state index contributed by atoms with van der Waals surface area (Å²) in [7, 11) is 0. The summed E-state index contributed by atoms with van der Waals surface area (Å²) in [5, 5.41) is 7.69. The van der Waals surface area contributed by atoms with E-state index in [1.54, 1.807) is 0 Å². The van der Waals surface area contributed by atoms with Crippen molar-refractivity contribution in [2.24, 2.45) is 0 Å². The van der Waals surface area contributed by atoms with Crippen LogP contribution < -0.4 is 0 Å². The molecule has 8 rings (SSSR count). The third-order valence-electron chi connectivity index (χ3n) is 8.46. The van der Waals surface area contributed by atoms with Crippen LogP contribution in [0.4, 0.5) is 0 Å². The maximum atomic E-state index is 2.33. The molecule has 0 heterocycles. The highest BCUT2D eigenvalue weighted by Crippen LogP contribution is 2.36. The lowest BCUT2D eigenvalue weighted by Crippen LogP contribution is -1.85. The van der Waals surface area contributed by atoms with Crippen molar-refractivity contribution in [1.29, 1.82) is 0 Å². The highest BCUT2D eigenvalue weighted by molar-refractivity contribution is 6.13. The zero-order chi connectivity index (χ0) is 27.9. The molecule has 0 amide bonds. The Morgan fingerprint density at radius 2 is 0.667 bits per heavy atom. The lowest BCUT2D eigenvalue weighted by molar-refractivity contribution is 1.59. The molecule has 196 valence electrons. The van der Waals surface area contributed by atoms with Gasteiger partial charge in [0.05, 0.1) is 0 Å². The van der Waals surface area contributed by atoms with E-state index in [4.69, 9.17) is 0 Å². The van der Waals surface area contributed by atoms with E-state index in [1.165, 1.54) is 76.8 Å². The van der Waals surface area contributed by atoms with Crippen molar-refractivity contribution < 1.29 is 0 Å². The van der Waals surface area contributed by atoms with Crippen LogP contribution in [-0.2, 0) is 0 Å². The van der Waals surface area contributed by atoms with E-state index in [9.17, 15) is 0 Å². The minimum Gasteiger partial charge on any atom is -0.0622 e. The van der Waals surface area contributed by atoms with Crippen LogP contribution in [0.25, 0.3) is 76.8 Å². The number of rotatable bonds is 4.